The molecule has 0 aliphatic heterocycles. The van der Waals surface area contributed by atoms with E-state index in [2.05, 4.69) is 60.7 Å². The Morgan fingerprint density at radius 2 is 1.68 bits per heavy atom. The predicted octanol–water partition coefficient (Wildman–Crippen LogP) is 4.34. The minimum atomic E-state index is -0.864. The Kier molecular flexibility index (Phi) is 8.96. The van der Waals surface area contributed by atoms with E-state index in [1.165, 1.54) is 17.7 Å². The number of hydrogen-bond donors (Lipinski definition) is 4. The number of carbonyl (C=O) groups excluding carboxylic acids is 2. The van der Waals surface area contributed by atoms with E-state index >= 15 is 0 Å². The number of aromatic hydroxyl groups is 1. The lowest BCUT2D eigenvalue weighted by Crippen LogP contribution is -2.44. The predicted molar refractivity (Wildman–Crippen MR) is 156 cm³/mol. The third-order valence-corrected chi connectivity index (χ3v) is 6.54. The zero-order valence-electron chi connectivity index (χ0n) is 23.1. The first kappa shape index (κ1) is 28.5. The van der Waals surface area contributed by atoms with Gasteiger partial charge in [-0.15, -0.1) is 0 Å². The first-order valence-corrected chi connectivity index (χ1v) is 13.3. The fourth-order valence-corrected chi connectivity index (χ4v) is 4.21. The third-order valence-electron chi connectivity index (χ3n) is 6.54. The van der Waals surface area contributed by atoms with Crippen molar-refractivity contribution in [1.82, 2.24) is 20.1 Å². The van der Waals surface area contributed by atoms with Gasteiger partial charge in [0.25, 0.3) is 0 Å². The number of pyridine rings is 1. The maximum atomic E-state index is 12.4. The van der Waals surface area contributed by atoms with Gasteiger partial charge < -0.3 is 16.2 Å². The van der Waals surface area contributed by atoms with Gasteiger partial charge in [0.1, 0.15) is 11.6 Å². The molecule has 40 heavy (non-hydrogen) atoms. The molecular formula is C31H36N6O3. The number of nitrogens with one attached hydrogen (secondary N) is 2. The minimum absolute atomic E-state index is 0.0450. The minimum Gasteiger partial charge on any atom is -0.508 e. The number of nitrogens with two attached hydrogens (primary N) is 1. The van der Waals surface area contributed by atoms with Crippen LogP contribution in [0, 0.1) is 0 Å². The number of phenols is 1. The maximum absolute atomic E-state index is 12.4. The van der Waals surface area contributed by atoms with Gasteiger partial charge in [-0.3, -0.25) is 19.9 Å². The van der Waals surface area contributed by atoms with Crippen LogP contribution in [0.4, 0.5) is 5.82 Å². The number of hydrogen-bond acceptors (Lipinski definition) is 7. The van der Waals surface area contributed by atoms with Crippen molar-refractivity contribution in [3.05, 3.63) is 90.3 Å². The number of amides is 2. The largest absolute Gasteiger partial charge is 0.508 e. The molecule has 0 unspecified atom stereocenters. The number of nitrogens with zero attached hydrogens (tertiary/aromatic N) is 3. The zero-order chi connectivity index (χ0) is 28.7. The molecule has 2 amide bonds. The van der Waals surface area contributed by atoms with Crippen molar-refractivity contribution in [2.75, 3.05) is 11.9 Å². The zero-order valence-corrected chi connectivity index (χ0v) is 23.1. The molecule has 1 atom stereocenters. The molecule has 0 saturated heterocycles. The summed E-state index contributed by atoms with van der Waals surface area (Å²) < 4.78 is 1.86. The fraction of sp³-hybridized carbons (Fsp3) is 0.290. The molecule has 0 aliphatic carbocycles. The van der Waals surface area contributed by atoms with E-state index in [1.54, 1.807) is 24.5 Å². The van der Waals surface area contributed by atoms with E-state index in [4.69, 9.17) is 10.8 Å². The molecule has 2 aromatic heterocycles. The SMILES string of the molecule is CC(C)(C)c1ccc(-n2nc(-c3ccncc3)cc2NCCCC(=O)NC(=O)[C@@H](N)Cc2ccc(O)cc2)cc1. The van der Waals surface area contributed by atoms with Crippen LogP contribution in [0.3, 0.4) is 0 Å². The Morgan fingerprint density at radius 1 is 1.00 bits per heavy atom. The van der Waals surface area contributed by atoms with Gasteiger partial charge in [0.05, 0.1) is 17.4 Å². The molecule has 0 aliphatic rings. The van der Waals surface area contributed by atoms with E-state index in [9.17, 15) is 14.7 Å². The maximum Gasteiger partial charge on any atom is 0.243 e. The molecule has 208 valence electrons. The van der Waals surface area contributed by atoms with Gasteiger partial charge in [-0.2, -0.15) is 5.10 Å². The molecular weight excluding hydrogens is 504 g/mol. The van der Waals surface area contributed by atoms with Crippen LogP contribution in [0.15, 0.2) is 79.1 Å². The highest BCUT2D eigenvalue weighted by atomic mass is 16.3. The molecule has 2 heterocycles. The van der Waals surface area contributed by atoms with Crippen LogP contribution in [0.5, 0.6) is 5.75 Å². The smallest absolute Gasteiger partial charge is 0.243 e. The molecule has 0 radical (unpaired) electrons. The lowest BCUT2D eigenvalue weighted by molar-refractivity contribution is -0.131. The summed E-state index contributed by atoms with van der Waals surface area (Å²) in [5.41, 5.74) is 10.7. The number of carbonyl (C=O) groups is 2. The van der Waals surface area contributed by atoms with Crippen LogP contribution < -0.4 is 16.4 Å². The van der Waals surface area contributed by atoms with Crippen LogP contribution in [0.25, 0.3) is 16.9 Å². The van der Waals surface area contributed by atoms with Crippen LogP contribution in [0.1, 0.15) is 44.7 Å². The Labute approximate surface area is 234 Å². The number of rotatable bonds is 10. The number of benzene rings is 2. The molecule has 2 aromatic carbocycles. The number of phenolic OH excluding ortho intramolecular Hbond substituents is 1. The second-order valence-electron chi connectivity index (χ2n) is 10.8. The Morgan fingerprint density at radius 3 is 2.33 bits per heavy atom. The van der Waals surface area contributed by atoms with Crippen molar-refractivity contribution in [3.8, 4) is 22.7 Å². The van der Waals surface area contributed by atoms with Gasteiger partial charge >= 0.3 is 0 Å². The molecule has 9 heteroatoms. The average molecular weight is 541 g/mol. The summed E-state index contributed by atoms with van der Waals surface area (Å²) in [6, 6.07) is 19.7. The van der Waals surface area contributed by atoms with Crippen LogP contribution in [-0.2, 0) is 21.4 Å². The Hall–Kier alpha value is -4.50. The molecule has 5 N–H and O–H groups in total. The van der Waals surface area contributed by atoms with Crippen molar-refractivity contribution in [2.24, 2.45) is 5.73 Å². The van der Waals surface area contributed by atoms with Gasteiger partial charge in [0.15, 0.2) is 0 Å². The molecule has 0 saturated carbocycles. The van der Waals surface area contributed by atoms with E-state index in [1.807, 2.05) is 22.9 Å². The molecule has 4 aromatic rings. The summed E-state index contributed by atoms with van der Waals surface area (Å²) in [5.74, 6) is 0.0323. The fourth-order valence-electron chi connectivity index (χ4n) is 4.21. The summed E-state index contributed by atoms with van der Waals surface area (Å²) in [6.07, 6.45) is 4.40. The number of anilines is 1. The summed E-state index contributed by atoms with van der Waals surface area (Å²) in [7, 11) is 0. The van der Waals surface area contributed by atoms with Crippen molar-refractivity contribution < 1.29 is 14.7 Å². The molecule has 0 fully saturated rings. The van der Waals surface area contributed by atoms with E-state index in [0.717, 1.165) is 28.3 Å². The second-order valence-corrected chi connectivity index (χ2v) is 10.8. The van der Waals surface area contributed by atoms with E-state index < -0.39 is 11.9 Å². The highest BCUT2D eigenvalue weighted by Gasteiger charge is 2.18. The standard InChI is InChI=1S/C31H36N6O3/c1-31(2,3)23-8-10-24(11-9-23)37-28(20-27(36-37)22-14-17-33-18-15-22)34-16-4-5-29(39)35-30(40)26(32)19-21-6-12-25(38)13-7-21/h6-15,17-18,20,26,34,38H,4-5,16,19,32H2,1-3H3,(H,35,39,40)/t26-/m0/s1. The van der Waals surface area contributed by atoms with Gasteiger partial charge in [-0.25, -0.2) is 4.68 Å². The summed E-state index contributed by atoms with van der Waals surface area (Å²) in [5, 5.41) is 20.0. The van der Waals surface area contributed by atoms with Crippen molar-refractivity contribution >= 4 is 17.6 Å². The Bertz CT molecular complexity index is 1420. The second kappa shape index (κ2) is 12.6. The highest BCUT2D eigenvalue weighted by molar-refractivity contribution is 5.97. The van der Waals surface area contributed by atoms with E-state index in [-0.39, 0.29) is 29.9 Å². The molecule has 0 bridgehead atoms. The molecule has 4 rings (SSSR count). The van der Waals surface area contributed by atoms with Crippen molar-refractivity contribution in [1.29, 1.82) is 0 Å². The van der Waals surface area contributed by atoms with Gasteiger partial charge in [0.2, 0.25) is 11.8 Å². The van der Waals surface area contributed by atoms with Gasteiger partial charge in [-0.05, 0) is 65.8 Å². The van der Waals surface area contributed by atoms with Crippen LogP contribution in [-0.4, -0.2) is 44.3 Å². The van der Waals surface area contributed by atoms with Crippen molar-refractivity contribution in [3.63, 3.8) is 0 Å². The first-order chi connectivity index (χ1) is 19.1. The lowest BCUT2D eigenvalue weighted by atomic mass is 9.87. The topological polar surface area (TPSA) is 135 Å². The van der Waals surface area contributed by atoms with Crippen LogP contribution >= 0.6 is 0 Å². The van der Waals surface area contributed by atoms with Gasteiger partial charge in [-0.1, -0.05) is 45.0 Å². The normalized spacial score (nSPS) is 12.1. The molecule has 0 spiro atoms. The summed E-state index contributed by atoms with van der Waals surface area (Å²) in [6.45, 7) is 7.04. The third kappa shape index (κ3) is 7.54. The van der Waals surface area contributed by atoms with E-state index in [0.29, 0.717) is 13.0 Å². The van der Waals surface area contributed by atoms with Crippen molar-refractivity contribution in [2.45, 2.75) is 51.5 Å². The van der Waals surface area contributed by atoms with Gasteiger partial charge in [0, 0.05) is 37.0 Å². The number of imide groups is 1. The highest BCUT2D eigenvalue weighted by Crippen LogP contribution is 2.27. The Balaban J connectivity index is 1.36. The van der Waals surface area contributed by atoms with Crippen LogP contribution in [0.2, 0.25) is 0 Å². The summed E-state index contributed by atoms with van der Waals surface area (Å²) >= 11 is 0. The average Bonchev–Trinajstić information content (AvgIpc) is 3.36. The first-order valence-electron chi connectivity index (χ1n) is 13.3. The monoisotopic (exact) mass is 540 g/mol. The summed E-state index contributed by atoms with van der Waals surface area (Å²) in [4.78, 5) is 28.8. The number of aromatic nitrogens is 3. The lowest BCUT2D eigenvalue weighted by Gasteiger charge is -2.19. The quantitative estimate of drug-likeness (QED) is 0.220. The molecule has 9 nitrogen and oxygen atoms in total.